The Hall–Kier alpha value is -2.42. The van der Waals surface area contributed by atoms with Gasteiger partial charge in [0.1, 0.15) is 11.4 Å². The molecule has 2 aromatic rings. The van der Waals surface area contributed by atoms with Gasteiger partial charge in [-0.3, -0.25) is 19.3 Å². The molecule has 0 aliphatic carbocycles. The molecular weight excluding hydrogens is 394 g/mol. The summed E-state index contributed by atoms with van der Waals surface area (Å²) >= 11 is 6.05. The number of benzene rings is 1. The van der Waals surface area contributed by atoms with Gasteiger partial charge < -0.3 is 10.1 Å². The second kappa shape index (κ2) is 9.87. The lowest BCUT2D eigenvalue weighted by Gasteiger charge is -2.34. The highest BCUT2D eigenvalue weighted by Gasteiger charge is 2.22. The highest BCUT2D eigenvalue weighted by atomic mass is 35.5. The van der Waals surface area contributed by atoms with Crippen LogP contribution in [0, 0.1) is 0 Å². The van der Waals surface area contributed by atoms with Crippen molar-refractivity contribution in [3.05, 3.63) is 46.6 Å². The minimum atomic E-state index is -0.495. The third-order valence-corrected chi connectivity index (χ3v) is 5.05. The van der Waals surface area contributed by atoms with Crippen molar-refractivity contribution in [3.63, 3.8) is 0 Å². The zero-order valence-corrected chi connectivity index (χ0v) is 17.5. The summed E-state index contributed by atoms with van der Waals surface area (Å²) < 4.78 is 6.48. The molecule has 1 fully saturated rings. The van der Waals surface area contributed by atoms with Gasteiger partial charge in [-0.1, -0.05) is 23.7 Å². The molecular formula is C20H26ClN5O3. The Kier molecular flexibility index (Phi) is 7.24. The third kappa shape index (κ3) is 5.79. The predicted octanol–water partition coefficient (Wildman–Crippen LogP) is 2.01. The average molecular weight is 420 g/mol. The Morgan fingerprint density at radius 2 is 1.93 bits per heavy atom. The van der Waals surface area contributed by atoms with E-state index in [2.05, 4.69) is 26.3 Å². The summed E-state index contributed by atoms with van der Waals surface area (Å²) in [5.74, 6) is -0.319. The van der Waals surface area contributed by atoms with Crippen molar-refractivity contribution in [2.75, 3.05) is 44.6 Å². The van der Waals surface area contributed by atoms with Crippen LogP contribution in [-0.4, -0.2) is 70.8 Å². The van der Waals surface area contributed by atoms with Gasteiger partial charge in [0, 0.05) is 44.8 Å². The predicted molar refractivity (Wildman–Crippen MR) is 111 cm³/mol. The first-order valence-corrected chi connectivity index (χ1v) is 10.0. The number of halogens is 1. The van der Waals surface area contributed by atoms with Gasteiger partial charge in [0.15, 0.2) is 0 Å². The van der Waals surface area contributed by atoms with Crippen molar-refractivity contribution in [3.8, 4) is 0 Å². The number of esters is 1. The number of amides is 1. The molecule has 3 rings (SSSR count). The molecule has 0 atom stereocenters. The van der Waals surface area contributed by atoms with E-state index in [1.807, 2.05) is 18.2 Å². The van der Waals surface area contributed by atoms with Crippen LogP contribution in [0.1, 0.15) is 22.8 Å². The van der Waals surface area contributed by atoms with Crippen molar-refractivity contribution in [2.24, 2.45) is 7.05 Å². The SMILES string of the molecule is CCOC(=O)c1cnn(C)c1NC(=O)CN1CCN(Cc2cccc(Cl)c2)CC1. The summed E-state index contributed by atoms with van der Waals surface area (Å²) in [6.07, 6.45) is 1.40. The van der Waals surface area contributed by atoms with Crippen LogP contribution in [-0.2, 0) is 23.1 Å². The van der Waals surface area contributed by atoms with Crippen LogP contribution in [0.4, 0.5) is 5.82 Å². The van der Waals surface area contributed by atoms with Gasteiger partial charge in [0.25, 0.3) is 0 Å². The van der Waals surface area contributed by atoms with E-state index in [-0.39, 0.29) is 24.6 Å². The highest BCUT2D eigenvalue weighted by Crippen LogP contribution is 2.16. The fourth-order valence-corrected chi connectivity index (χ4v) is 3.53. The number of nitrogens with one attached hydrogen (secondary N) is 1. The van der Waals surface area contributed by atoms with Crippen molar-refractivity contribution < 1.29 is 14.3 Å². The molecule has 0 bridgehead atoms. The Balaban J connectivity index is 1.49. The largest absolute Gasteiger partial charge is 0.462 e. The van der Waals surface area contributed by atoms with Gasteiger partial charge in [-0.15, -0.1) is 0 Å². The monoisotopic (exact) mass is 419 g/mol. The second-order valence-corrected chi connectivity index (χ2v) is 7.42. The molecule has 0 spiro atoms. The second-order valence-electron chi connectivity index (χ2n) is 6.98. The highest BCUT2D eigenvalue weighted by molar-refractivity contribution is 6.30. The zero-order chi connectivity index (χ0) is 20.8. The van der Waals surface area contributed by atoms with E-state index in [0.29, 0.717) is 5.82 Å². The first-order chi connectivity index (χ1) is 14.0. The molecule has 1 aromatic heterocycles. The van der Waals surface area contributed by atoms with Crippen LogP contribution in [0.2, 0.25) is 5.02 Å². The normalized spacial score (nSPS) is 15.3. The minimum absolute atomic E-state index is 0.178. The summed E-state index contributed by atoms with van der Waals surface area (Å²) in [7, 11) is 1.67. The van der Waals surface area contributed by atoms with Gasteiger partial charge in [0.2, 0.25) is 5.91 Å². The van der Waals surface area contributed by atoms with Crippen LogP contribution in [0.15, 0.2) is 30.5 Å². The van der Waals surface area contributed by atoms with Crippen molar-refractivity contribution in [2.45, 2.75) is 13.5 Å². The maximum absolute atomic E-state index is 12.5. The van der Waals surface area contributed by atoms with Crippen LogP contribution < -0.4 is 5.32 Å². The van der Waals surface area contributed by atoms with Gasteiger partial charge in [0.05, 0.1) is 19.3 Å². The fourth-order valence-electron chi connectivity index (χ4n) is 3.32. The fraction of sp³-hybridized carbons (Fsp3) is 0.450. The molecule has 2 heterocycles. The number of nitrogens with zero attached hydrogens (tertiary/aromatic N) is 4. The number of anilines is 1. The number of aromatic nitrogens is 2. The van der Waals surface area contributed by atoms with E-state index < -0.39 is 5.97 Å². The Morgan fingerprint density at radius 3 is 2.62 bits per heavy atom. The van der Waals surface area contributed by atoms with Crippen LogP contribution in [0.25, 0.3) is 0 Å². The molecule has 9 heteroatoms. The van der Waals surface area contributed by atoms with E-state index in [1.165, 1.54) is 16.4 Å². The van der Waals surface area contributed by atoms with E-state index >= 15 is 0 Å². The first-order valence-electron chi connectivity index (χ1n) is 9.64. The molecule has 1 saturated heterocycles. The molecule has 1 N–H and O–H groups in total. The Morgan fingerprint density at radius 1 is 1.21 bits per heavy atom. The molecule has 8 nitrogen and oxygen atoms in total. The summed E-state index contributed by atoms with van der Waals surface area (Å²) in [5.41, 5.74) is 1.44. The third-order valence-electron chi connectivity index (χ3n) is 4.82. The van der Waals surface area contributed by atoms with E-state index in [1.54, 1.807) is 14.0 Å². The molecule has 156 valence electrons. The summed E-state index contributed by atoms with van der Waals surface area (Å²) in [5, 5.41) is 7.59. The molecule has 0 unspecified atom stereocenters. The minimum Gasteiger partial charge on any atom is -0.462 e. The van der Waals surface area contributed by atoms with Gasteiger partial charge in [-0.05, 0) is 24.6 Å². The lowest BCUT2D eigenvalue weighted by molar-refractivity contribution is -0.117. The maximum Gasteiger partial charge on any atom is 0.343 e. The molecule has 1 aliphatic rings. The molecule has 1 aromatic carbocycles. The summed E-state index contributed by atoms with van der Waals surface area (Å²) in [4.78, 5) is 29.0. The smallest absolute Gasteiger partial charge is 0.343 e. The van der Waals surface area contributed by atoms with Crippen LogP contribution in [0.5, 0.6) is 0 Å². The number of hydrogen-bond acceptors (Lipinski definition) is 6. The van der Waals surface area contributed by atoms with E-state index in [4.69, 9.17) is 16.3 Å². The van der Waals surface area contributed by atoms with E-state index in [9.17, 15) is 9.59 Å². The quantitative estimate of drug-likeness (QED) is 0.691. The molecule has 0 radical (unpaired) electrons. The Labute approximate surface area is 175 Å². The zero-order valence-electron chi connectivity index (χ0n) is 16.7. The standard InChI is InChI=1S/C20H26ClN5O3/c1-3-29-20(28)17-12-22-24(2)19(17)23-18(27)14-26-9-7-25(8-10-26)13-15-5-4-6-16(21)11-15/h4-6,11-12H,3,7-10,13-14H2,1-2H3,(H,23,27). The van der Waals surface area contributed by atoms with E-state index in [0.717, 1.165) is 37.7 Å². The number of carbonyl (C=O) groups excluding carboxylic acids is 2. The summed E-state index contributed by atoms with van der Waals surface area (Å²) in [6.45, 7) is 6.45. The number of aryl methyl sites for hydroxylation is 1. The lowest BCUT2D eigenvalue weighted by Crippen LogP contribution is -2.48. The van der Waals surface area contributed by atoms with Crippen LogP contribution >= 0.6 is 11.6 Å². The van der Waals surface area contributed by atoms with Crippen LogP contribution in [0.3, 0.4) is 0 Å². The van der Waals surface area contributed by atoms with Crippen molar-refractivity contribution >= 4 is 29.3 Å². The number of hydrogen-bond donors (Lipinski definition) is 1. The topological polar surface area (TPSA) is 79.7 Å². The number of piperazine rings is 1. The van der Waals surface area contributed by atoms with Gasteiger partial charge >= 0.3 is 5.97 Å². The molecule has 0 saturated carbocycles. The van der Waals surface area contributed by atoms with Crippen molar-refractivity contribution in [1.29, 1.82) is 0 Å². The Bertz CT molecular complexity index is 862. The molecule has 29 heavy (non-hydrogen) atoms. The van der Waals surface area contributed by atoms with Gasteiger partial charge in [-0.25, -0.2) is 4.79 Å². The molecule has 1 aliphatic heterocycles. The van der Waals surface area contributed by atoms with Gasteiger partial charge in [-0.2, -0.15) is 5.10 Å². The number of carbonyl (C=O) groups is 2. The average Bonchev–Trinajstić information content (AvgIpc) is 3.04. The number of rotatable bonds is 7. The first kappa shape index (κ1) is 21.3. The summed E-state index contributed by atoms with van der Waals surface area (Å²) in [6, 6.07) is 7.88. The maximum atomic E-state index is 12.5. The lowest BCUT2D eigenvalue weighted by atomic mass is 10.2. The van der Waals surface area contributed by atoms with Crippen molar-refractivity contribution in [1.82, 2.24) is 19.6 Å². The number of ether oxygens (including phenoxy) is 1. The molecule has 1 amide bonds.